The molecule has 0 aromatic heterocycles. The fraction of sp³-hybridized carbons (Fsp3) is 0. The second-order valence-corrected chi connectivity index (χ2v) is 2.29. The molecule has 1 aliphatic heterocycles. The summed E-state index contributed by atoms with van der Waals surface area (Å²) in [6.45, 7) is 0. The monoisotopic (exact) mass is 147 g/mol. The fourth-order valence-corrected chi connectivity index (χ4v) is 0.963. The predicted octanol–water partition coefficient (Wildman–Crippen LogP) is 1.49. The molecule has 0 unspecified atom stereocenters. The molecule has 0 saturated carbocycles. The lowest BCUT2D eigenvalue weighted by atomic mass is 10.2. The van der Waals surface area contributed by atoms with Gasteiger partial charge in [-0.1, -0.05) is 24.3 Å². The fourth-order valence-electron chi connectivity index (χ4n) is 0.963. The van der Waals surface area contributed by atoms with Crippen LogP contribution in [0.4, 0.5) is 0 Å². The van der Waals surface area contributed by atoms with E-state index in [1.54, 1.807) is 6.08 Å². The van der Waals surface area contributed by atoms with Crippen molar-refractivity contribution in [3.63, 3.8) is 0 Å². The van der Waals surface area contributed by atoms with Crippen LogP contribution in [0.1, 0.15) is 0 Å². The van der Waals surface area contributed by atoms with Crippen LogP contribution in [0.2, 0.25) is 0 Å². The van der Waals surface area contributed by atoms with Crippen molar-refractivity contribution in [1.29, 1.82) is 0 Å². The lowest BCUT2D eigenvalue weighted by Gasteiger charge is -2.04. The Bertz CT molecular complexity index is 283. The molecule has 0 radical (unpaired) electrons. The van der Waals surface area contributed by atoms with Gasteiger partial charge < -0.3 is 10.6 Å². The summed E-state index contributed by atoms with van der Waals surface area (Å²) in [4.78, 5) is 4.93. The number of hydroxylamine groups is 1. The first-order chi connectivity index (χ1) is 5.36. The van der Waals surface area contributed by atoms with Gasteiger partial charge in [0.25, 0.3) is 0 Å². The van der Waals surface area contributed by atoms with Crippen LogP contribution in [0.5, 0.6) is 0 Å². The summed E-state index contributed by atoms with van der Waals surface area (Å²) in [6, 6.07) is 0. The van der Waals surface area contributed by atoms with E-state index in [1.807, 2.05) is 24.3 Å². The molecule has 0 aromatic carbocycles. The maximum absolute atomic E-state index is 5.38. The highest BCUT2D eigenvalue weighted by Gasteiger charge is 2.05. The van der Waals surface area contributed by atoms with E-state index < -0.39 is 0 Å². The minimum Gasteiger partial charge on any atom is -0.492 e. The van der Waals surface area contributed by atoms with Crippen LogP contribution in [0.25, 0.3) is 5.48 Å². The van der Waals surface area contributed by atoms with Crippen LogP contribution in [0.3, 0.4) is 0 Å². The van der Waals surface area contributed by atoms with Gasteiger partial charge in [-0.25, -0.2) is 0 Å². The van der Waals surface area contributed by atoms with Crippen LogP contribution in [0, 0.1) is 0 Å². The zero-order chi connectivity index (χ0) is 7.68. The van der Waals surface area contributed by atoms with Gasteiger partial charge in [-0.3, -0.25) is 5.48 Å². The third kappa shape index (κ3) is 1.00. The standard InChI is InChI=1S/C8H7N2O/c9-8-5-7(11-10-8)6-3-1-2-4-6/h1-5H,9H2/q-1. The number of allylic oxidation sites excluding steroid dienone is 6. The summed E-state index contributed by atoms with van der Waals surface area (Å²) in [6.07, 6.45) is 9.47. The molecule has 0 atom stereocenters. The zero-order valence-electron chi connectivity index (χ0n) is 5.82. The molecule has 0 saturated heterocycles. The van der Waals surface area contributed by atoms with E-state index in [-0.39, 0.29) is 0 Å². The van der Waals surface area contributed by atoms with Gasteiger partial charge in [0.1, 0.15) is 5.76 Å². The lowest BCUT2D eigenvalue weighted by Crippen LogP contribution is -1.88. The minimum absolute atomic E-state index is 0.418. The molecule has 56 valence electrons. The highest BCUT2D eigenvalue weighted by molar-refractivity contribution is 5.47. The van der Waals surface area contributed by atoms with Gasteiger partial charge in [-0.2, -0.15) is 0 Å². The Labute approximate surface area is 64.5 Å². The zero-order valence-corrected chi connectivity index (χ0v) is 5.82. The van der Waals surface area contributed by atoms with Crippen molar-refractivity contribution in [2.24, 2.45) is 5.73 Å². The lowest BCUT2D eigenvalue weighted by molar-refractivity contribution is 0.347. The van der Waals surface area contributed by atoms with Crippen molar-refractivity contribution >= 4 is 0 Å². The van der Waals surface area contributed by atoms with Gasteiger partial charge in [0.15, 0.2) is 0 Å². The third-order valence-corrected chi connectivity index (χ3v) is 1.48. The number of nitrogens with zero attached hydrogens (tertiary/aromatic N) is 1. The quantitative estimate of drug-likeness (QED) is 0.564. The molecule has 2 aliphatic rings. The van der Waals surface area contributed by atoms with Crippen molar-refractivity contribution in [3.05, 3.63) is 53.0 Å². The summed E-state index contributed by atoms with van der Waals surface area (Å²) in [5.41, 5.74) is 9.96. The van der Waals surface area contributed by atoms with Gasteiger partial charge in [0.05, 0.1) is 0 Å². The Morgan fingerprint density at radius 1 is 1.27 bits per heavy atom. The maximum Gasteiger partial charge on any atom is 0.137 e. The third-order valence-electron chi connectivity index (χ3n) is 1.48. The van der Waals surface area contributed by atoms with E-state index in [1.165, 1.54) is 0 Å². The Morgan fingerprint density at radius 3 is 2.55 bits per heavy atom. The SMILES string of the molecule is NC1=CC(=C2C=CC=C2)O[N-]1. The summed E-state index contributed by atoms with van der Waals surface area (Å²) in [5.74, 6) is 1.13. The highest BCUT2D eigenvalue weighted by atomic mass is 16.7. The molecular formula is C8H7N2O-. The van der Waals surface area contributed by atoms with E-state index in [0.717, 1.165) is 5.57 Å². The van der Waals surface area contributed by atoms with Crippen molar-refractivity contribution in [1.82, 2.24) is 0 Å². The topological polar surface area (TPSA) is 49.4 Å². The van der Waals surface area contributed by atoms with Crippen molar-refractivity contribution in [2.45, 2.75) is 0 Å². The van der Waals surface area contributed by atoms with E-state index >= 15 is 0 Å². The summed E-state index contributed by atoms with van der Waals surface area (Å²) in [5, 5.41) is 0. The second kappa shape index (κ2) is 2.20. The van der Waals surface area contributed by atoms with E-state index in [4.69, 9.17) is 10.6 Å². The summed E-state index contributed by atoms with van der Waals surface area (Å²) < 4.78 is 0. The van der Waals surface area contributed by atoms with Crippen LogP contribution in [0.15, 0.2) is 47.5 Å². The van der Waals surface area contributed by atoms with Gasteiger partial charge in [0.2, 0.25) is 0 Å². The van der Waals surface area contributed by atoms with Crippen molar-refractivity contribution in [2.75, 3.05) is 0 Å². The smallest absolute Gasteiger partial charge is 0.137 e. The molecule has 3 nitrogen and oxygen atoms in total. The Kier molecular flexibility index (Phi) is 1.22. The Hall–Kier alpha value is -1.64. The second-order valence-electron chi connectivity index (χ2n) is 2.29. The number of hydrogen-bond acceptors (Lipinski definition) is 2. The van der Waals surface area contributed by atoms with Gasteiger partial charge >= 0.3 is 0 Å². The number of nitrogens with two attached hydrogens (primary N) is 1. The van der Waals surface area contributed by atoms with Crippen molar-refractivity contribution in [3.8, 4) is 0 Å². The molecule has 2 rings (SSSR count). The average Bonchev–Trinajstić information content (AvgIpc) is 2.55. The molecule has 0 spiro atoms. The molecule has 0 amide bonds. The molecule has 0 fully saturated rings. The largest absolute Gasteiger partial charge is 0.492 e. The van der Waals surface area contributed by atoms with Crippen LogP contribution >= 0.6 is 0 Å². The first-order valence-corrected chi connectivity index (χ1v) is 3.30. The molecule has 11 heavy (non-hydrogen) atoms. The number of rotatable bonds is 0. The molecule has 0 aromatic rings. The first kappa shape index (κ1) is 6.09. The van der Waals surface area contributed by atoms with Crippen molar-refractivity contribution < 1.29 is 4.84 Å². The van der Waals surface area contributed by atoms with Crippen LogP contribution < -0.4 is 5.73 Å². The van der Waals surface area contributed by atoms with Crippen LogP contribution in [-0.4, -0.2) is 0 Å². The maximum atomic E-state index is 5.38. The molecule has 1 aliphatic carbocycles. The van der Waals surface area contributed by atoms with E-state index in [0.29, 0.717) is 11.6 Å². The summed E-state index contributed by atoms with van der Waals surface area (Å²) in [7, 11) is 0. The number of hydrogen-bond donors (Lipinski definition) is 1. The first-order valence-electron chi connectivity index (χ1n) is 3.30. The Balaban J connectivity index is 2.35. The highest BCUT2D eigenvalue weighted by Crippen LogP contribution is 2.24. The van der Waals surface area contributed by atoms with E-state index in [2.05, 4.69) is 5.48 Å². The normalized spacial score (nSPS) is 20.2. The van der Waals surface area contributed by atoms with Gasteiger partial charge in [-0.05, 0) is 11.9 Å². The summed E-state index contributed by atoms with van der Waals surface area (Å²) >= 11 is 0. The van der Waals surface area contributed by atoms with E-state index in [9.17, 15) is 0 Å². The Morgan fingerprint density at radius 2 is 2.00 bits per heavy atom. The average molecular weight is 147 g/mol. The van der Waals surface area contributed by atoms with Gasteiger partial charge in [-0.15, -0.1) is 0 Å². The molecule has 0 bridgehead atoms. The van der Waals surface area contributed by atoms with Gasteiger partial charge in [0, 0.05) is 5.57 Å². The molecule has 3 heteroatoms. The minimum atomic E-state index is 0.418. The predicted molar refractivity (Wildman–Crippen MR) is 42.0 cm³/mol. The van der Waals surface area contributed by atoms with Crippen LogP contribution in [-0.2, 0) is 4.84 Å². The molecule has 1 heterocycles. The molecule has 2 N–H and O–H groups in total. The molecular weight excluding hydrogens is 140 g/mol.